The summed E-state index contributed by atoms with van der Waals surface area (Å²) in [5.74, 6) is 0. The molecule has 0 atom stereocenters. The molecule has 0 saturated carbocycles. The Morgan fingerprint density at radius 2 is 1.89 bits per heavy atom. The quantitative estimate of drug-likeness (QED) is 0.913. The third-order valence-corrected chi connectivity index (χ3v) is 5.84. The van der Waals surface area contributed by atoms with Gasteiger partial charge in [-0.2, -0.15) is 4.31 Å². The summed E-state index contributed by atoms with van der Waals surface area (Å²) in [6.07, 6.45) is 2.49. The van der Waals surface area contributed by atoms with Crippen LogP contribution in [0.5, 0.6) is 0 Å². The summed E-state index contributed by atoms with van der Waals surface area (Å²) >= 11 is 0. The van der Waals surface area contributed by atoms with Crippen molar-refractivity contribution in [2.45, 2.75) is 37.1 Å². The average Bonchev–Trinajstić information content (AvgIpc) is 2.47. The molecule has 1 saturated heterocycles. The van der Waals surface area contributed by atoms with E-state index in [1.54, 1.807) is 23.5 Å². The number of sulfonamides is 1. The molecule has 106 valence electrons. The zero-order chi connectivity index (χ0) is 13.9. The molecule has 1 heterocycles. The minimum absolute atomic E-state index is 0.108. The highest BCUT2D eigenvalue weighted by atomic mass is 32.2. The molecule has 1 aliphatic heterocycles. The number of benzene rings is 1. The smallest absolute Gasteiger partial charge is 0.243 e. The number of hydrogen-bond donors (Lipinski definition) is 1. The van der Waals surface area contributed by atoms with Crippen LogP contribution in [0.15, 0.2) is 29.2 Å². The maximum atomic E-state index is 12.7. The molecule has 1 aliphatic rings. The van der Waals surface area contributed by atoms with Crippen molar-refractivity contribution in [2.75, 3.05) is 20.1 Å². The second kappa shape index (κ2) is 6.03. The standard InChI is InChI=1S/C14H22N2O2S/c1-3-12-6-4-5-7-14(12)19(17,18)16(2)13-8-10-15-11-9-13/h4-7,13,15H,3,8-11H2,1-2H3. The van der Waals surface area contributed by atoms with Crippen molar-refractivity contribution in [1.29, 1.82) is 0 Å². The van der Waals surface area contributed by atoms with E-state index in [1.807, 2.05) is 19.1 Å². The minimum Gasteiger partial charge on any atom is -0.317 e. The number of aryl methyl sites for hydroxylation is 1. The average molecular weight is 282 g/mol. The summed E-state index contributed by atoms with van der Waals surface area (Å²) in [4.78, 5) is 0.457. The van der Waals surface area contributed by atoms with Crippen LogP contribution in [-0.2, 0) is 16.4 Å². The lowest BCUT2D eigenvalue weighted by molar-refractivity contribution is 0.296. The summed E-state index contributed by atoms with van der Waals surface area (Å²) < 4.78 is 27.0. The van der Waals surface area contributed by atoms with Crippen molar-refractivity contribution in [3.05, 3.63) is 29.8 Å². The van der Waals surface area contributed by atoms with E-state index in [4.69, 9.17) is 0 Å². The zero-order valence-corrected chi connectivity index (χ0v) is 12.4. The maximum Gasteiger partial charge on any atom is 0.243 e. The highest BCUT2D eigenvalue weighted by molar-refractivity contribution is 7.89. The van der Waals surface area contributed by atoms with Gasteiger partial charge in [0, 0.05) is 13.1 Å². The van der Waals surface area contributed by atoms with Gasteiger partial charge in [-0.25, -0.2) is 8.42 Å². The molecule has 0 radical (unpaired) electrons. The first-order valence-corrected chi connectivity index (χ1v) is 8.28. The molecule has 0 spiro atoms. The van der Waals surface area contributed by atoms with Gasteiger partial charge in [0.15, 0.2) is 0 Å². The first-order chi connectivity index (χ1) is 9.07. The van der Waals surface area contributed by atoms with E-state index in [-0.39, 0.29) is 6.04 Å². The van der Waals surface area contributed by atoms with Crippen molar-refractivity contribution in [2.24, 2.45) is 0 Å². The van der Waals surface area contributed by atoms with Crippen molar-refractivity contribution in [3.8, 4) is 0 Å². The predicted molar refractivity (Wildman–Crippen MR) is 76.7 cm³/mol. The largest absolute Gasteiger partial charge is 0.317 e. The summed E-state index contributed by atoms with van der Waals surface area (Å²) in [7, 11) is -1.67. The van der Waals surface area contributed by atoms with Crippen LogP contribution in [-0.4, -0.2) is 38.9 Å². The van der Waals surface area contributed by atoms with Gasteiger partial charge in [-0.3, -0.25) is 0 Å². The molecule has 0 bridgehead atoms. The van der Waals surface area contributed by atoms with Gasteiger partial charge in [0.1, 0.15) is 0 Å². The van der Waals surface area contributed by atoms with Crippen molar-refractivity contribution < 1.29 is 8.42 Å². The third kappa shape index (κ3) is 2.99. The second-order valence-electron chi connectivity index (χ2n) is 4.96. The van der Waals surface area contributed by atoms with Crippen LogP contribution in [0.4, 0.5) is 0 Å². The Labute approximate surface area is 115 Å². The molecule has 5 heteroatoms. The van der Waals surface area contributed by atoms with E-state index in [0.29, 0.717) is 4.90 Å². The first-order valence-electron chi connectivity index (χ1n) is 6.84. The van der Waals surface area contributed by atoms with Gasteiger partial charge >= 0.3 is 0 Å². The molecule has 1 aromatic rings. The van der Waals surface area contributed by atoms with Crippen LogP contribution in [0.1, 0.15) is 25.3 Å². The molecule has 0 aliphatic carbocycles. The van der Waals surface area contributed by atoms with Crippen LogP contribution in [0.25, 0.3) is 0 Å². The number of rotatable bonds is 4. The van der Waals surface area contributed by atoms with Gasteiger partial charge < -0.3 is 5.32 Å². The summed E-state index contributed by atoms with van der Waals surface area (Å²) in [5, 5.41) is 3.26. The van der Waals surface area contributed by atoms with E-state index < -0.39 is 10.0 Å². The Morgan fingerprint density at radius 1 is 1.26 bits per heavy atom. The maximum absolute atomic E-state index is 12.7. The Bertz CT molecular complexity index is 522. The highest BCUT2D eigenvalue weighted by Crippen LogP contribution is 2.23. The van der Waals surface area contributed by atoms with Crippen LogP contribution in [0, 0.1) is 0 Å². The van der Waals surface area contributed by atoms with E-state index >= 15 is 0 Å². The normalized spacial score (nSPS) is 17.8. The first kappa shape index (κ1) is 14.5. The number of hydrogen-bond acceptors (Lipinski definition) is 3. The monoisotopic (exact) mass is 282 g/mol. The van der Waals surface area contributed by atoms with Crippen molar-refractivity contribution >= 4 is 10.0 Å². The molecule has 2 rings (SSSR count). The Hall–Kier alpha value is -0.910. The van der Waals surface area contributed by atoms with E-state index in [0.717, 1.165) is 37.9 Å². The van der Waals surface area contributed by atoms with E-state index in [9.17, 15) is 8.42 Å². The van der Waals surface area contributed by atoms with Gasteiger partial charge in [-0.05, 0) is 44.0 Å². The third-order valence-electron chi connectivity index (χ3n) is 3.83. The number of nitrogens with one attached hydrogen (secondary N) is 1. The lowest BCUT2D eigenvalue weighted by Crippen LogP contribution is -2.44. The van der Waals surface area contributed by atoms with Crippen LogP contribution >= 0.6 is 0 Å². The lowest BCUT2D eigenvalue weighted by Gasteiger charge is -2.31. The SMILES string of the molecule is CCc1ccccc1S(=O)(=O)N(C)C1CCNCC1. The molecule has 19 heavy (non-hydrogen) atoms. The molecule has 1 fully saturated rings. The Balaban J connectivity index is 2.30. The number of piperidine rings is 1. The molecular formula is C14H22N2O2S. The molecule has 1 N–H and O–H groups in total. The number of nitrogens with zero attached hydrogens (tertiary/aromatic N) is 1. The molecule has 0 aromatic heterocycles. The Morgan fingerprint density at radius 3 is 2.53 bits per heavy atom. The molecule has 0 amide bonds. The van der Waals surface area contributed by atoms with E-state index in [2.05, 4.69) is 5.32 Å². The molecule has 4 nitrogen and oxygen atoms in total. The fourth-order valence-electron chi connectivity index (χ4n) is 2.57. The predicted octanol–water partition coefficient (Wildman–Crippen LogP) is 1.62. The zero-order valence-electron chi connectivity index (χ0n) is 11.6. The van der Waals surface area contributed by atoms with Gasteiger partial charge in [-0.15, -0.1) is 0 Å². The fourth-order valence-corrected chi connectivity index (χ4v) is 4.28. The molecule has 0 unspecified atom stereocenters. The molecular weight excluding hydrogens is 260 g/mol. The van der Waals surface area contributed by atoms with Crippen molar-refractivity contribution in [3.63, 3.8) is 0 Å². The van der Waals surface area contributed by atoms with Crippen LogP contribution < -0.4 is 5.32 Å². The van der Waals surface area contributed by atoms with Crippen LogP contribution in [0.2, 0.25) is 0 Å². The summed E-state index contributed by atoms with van der Waals surface area (Å²) in [6, 6.07) is 7.40. The Kier molecular flexibility index (Phi) is 4.60. The highest BCUT2D eigenvalue weighted by Gasteiger charge is 2.30. The van der Waals surface area contributed by atoms with Gasteiger partial charge in [-0.1, -0.05) is 25.1 Å². The van der Waals surface area contributed by atoms with Crippen molar-refractivity contribution in [1.82, 2.24) is 9.62 Å². The minimum atomic E-state index is -3.38. The molecule has 1 aromatic carbocycles. The van der Waals surface area contributed by atoms with Gasteiger partial charge in [0.25, 0.3) is 0 Å². The van der Waals surface area contributed by atoms with Gasteiger partial charge in [0.05, 0.1) is 4.90 Å². The summed E-state index contributed by atoms with van der Waals surface area (Å²) in [6.45, 7) is 3.76. The second-order valence-corrected chi connectivity index (χ2v) is 6.93. The summed E-state index contributed by atoms with van der Waals surface area (Å²) in [5.41, 5.74) is 0.892. The van der Waals surface area contributed by atoms with E-state index in [1.165, 1.54) is 0 Å². The van der Waals surface area contributed by atoms with Crippen LogP contribution in [0.3, 0.4) is 0 Å². The topological polar surface area (TPSA) is 49.4 Å². The lowest BCUT2D eigenvalue weighted by atomic mass is 10.1. The van der Waals surface area contributed by atoms with Gasteiger partial charge in [0.2, 0.25) is 10.0 Å². The fraction of sp³-hybridized carbons (Fsp3) is 0.571.